The van der Waals surface area contributed by atoms with Crippen LogP contribution in [0.1, 0.15) is 41.6 Å². The molecule has 0 aliphatic carbocycles. The molecule has 2 heterocycles. The van der Waals surface area contributed by atoms with Gasteiger partial charge in [0.25, 0.3) is 5.91 Å². The van der Waals surface area contributed by atoms with Gasteiger partial charge in [-0.2, -0.15) is 0 Å². The number of hydrogen-bond acceptors (Lipinski definition) is 2. The van der Waals surface area contributed by atoms with Crippen LogP contribution in [0.3, 0.4) is 0 Å². The second kappa shape index (κ2) is 5.96. The number of aryl methyl sites for hydroxylation is 1. The summed E-state index contributed by atoms with van der Waals surface area (Å²) in [5.41, 5.74) is 1.95. The molecule has 3 nitrogen and oxygen atoms in total. The van der Waals surface area contributed by atoms with Gasteiger partial charge in [-0.3, -0.25) is 4.79 Å². The van der Waals surface area contributed by atoms with E-state index in [0.717, 1.165) is 43.0 Å². The number of nitrogens with one attached hydrogen (secondary N) is 1. The number of carbonyl (C=O) groups excluding carboxylic acids is 1. The number of piperidine rings is 1. The summed E-state index contributed by atoms with van der Waals surface area (Å²) in [4.78, 5) is 14.6. The highest BCUT2D eigenvalue weighted by molar-refractivity contribution is 5.95. The second-order valence-corrected chi connectivity index (χ2v) is 6.15. The third-order valence-electron chi connectivity index (χ3n) is 4.87. The van der Waals surface area contributed by atoms with Crippen molar-refractivity contribution < 1.29 is 4.79 Å². The lowest BCUT2D eigenvalue weighted by atomic mass is 9.88. The van der Waals surface area contributed by atoms with Crippen molar-refractivity contribution in [2.75, 3.05) is 19.6 Å². The molecule has 2 fully saturated rings. The Balaban J connectivity index is 1.60. The lowest BCUT2D eigenvalue weighted by Gasteiger charge is -2.35. The van der Waals surface area contributed by atoms with Crippen LogP contribution in [0.25, 0.3) is 0 Å². The van der Waals surface area contributed by atoms with Crippen LogP contribution < -0.4 is 5.32 Å². The average Bonchev–Trinajstić information content (AvgIpc) is 3.01. The van der Waals surface area contributed by atoms with Crippen molar-refractivity contribution in [1.29, 1.82) is 0 Å². The fraction of sp³-hybridized carbons (Fsp3) is 0.588. The van der Waals surface area contributed by atoms with Gasteiger partial charge in [-0.15, -0.1) is 0 Å². The summed E-state index contributed by atoms with van der Waals surface area (Å²) in [7, 11) is 0. The van der Waals surface area contributed by atoms with E-state index < -0.39 is 0 Å². The predicted octanol–water partition coefficient (Wildman–Crippen LogP) is 2.60. The highest BCUT2D eigenvalue weighted by Gasteiger charge is 2.30. The van der Waals surface area contributed by atoms with Gasteiger partial charge in [-0.1, -0.05) is 18.2 Å². The Bertz CT molecular complexity index is 472. The molecule has 0 saturated carbocycles. The predicted molar refractivity (Wildman–Crippen MR) is 80.8 cm³/mol. The average molecular weight is 272 g/mol. The van der Waals surface area contributed by atoms with Gasteiger partial charge in [-0.25, -0.2) is 0 Å². The number of hydrogen-bond donors (Lipinski definition) is 1. The van der Waals surface area contributed by atoms with Crippen LogP contribution in [0.5, 0.6) is 0 Å². The molecule has 1 atom stereocenters. The largest absolute Gasteiger partial charge is 0.339 e. The molecule has 1 unspecified atom stereocenters. The Labute approximate surface area is 121 Å². The number of rotatable bonds is 2. The van der Waals surface area contributed by atoms with Gasteiger partial charge in [0.15, 0.2) is 0 Å². The van der Waals surface area contributed by atoms with E-state index in [2.05, 4.69) is 5.32 Å². The molecule has 0 radical (unpaired) electrons. The van der Waals surface area contributed by atoms with E-state index in [9.17, 15) is 4.79 Å². The summed E-state index contributed by atoms with van der Waals surface area (Å²) in [6.45, 7) is 5.02. The number of amides is 1. The topological polar surface area (TPSA) is 32.3 Å². The van der Waals surface area contributed by atoms with Crippen molar-refractivity contribution in [1.82, 2.24) is 10.2 Å². The summed E-state index contributed by atoms with van der Waals surface area (Å²) in [5, 5.41) is 3.61. The van der Waals surface area contributed by atoms with Crippen LogP contribution in [-0.2, 0) is 0 Å². The van der Waals surface area contributed by atoms with Gasteiger partial charge in [-0.05, 0) is 56.7 Å². The Morgan fingerprint density at radius 1 is 1.20 bits per heavy atom. The lowest BCUT2D eigenvalue weighted by molar-refractivity contribution is 0.0673. The summed E-state index contributed by atoms with van der Waals surface area (Å²) < 4.78 is 0. The third-order valence-corrected chi connectivity index (χ3v) is 4.87. The molecule has 1 amide bonds. The van der Waals surface area contributed by atoms with Gasteiger partial charge < -0.3 is 10.2 Å². The van der Waals surface area contributed by atoms with Gasteiger partial charge in [0.05, 0.1) is 0 Å². The fourth-order valence-corrected chi connectivity index (χ4v) is 3.60. The van der Waals surface area contributed by atoms with Crippen molar-refractivity contribution in [3.63, 3.8) is 0 Å². The molecule has 1 aromatic rings. The van der Waals surface area contributed by atoms with Crippen LogP contribution in [0.15, 0.2) is 24.3 Å². The first kappa shape index (κ1) is 13.6. The van der Waals surface area contributed by atoms with E-state index in [1.165, 1.54) is 19.4 Å². The number of carbonyl (C=O) groups is 1. The van der Waals surface area contributed by atoms with E-state index in [1.807, 2.05) is 36.1 Å². The zero-order valence-corrected chi connectivity index (χ0v) is 12.3. The minimum atomic E-state index is 0.209. The summed E-state index contributed by atoms with van der Waals surface area (Å²) in [5.74, 6) is 0.972. The van der Waals surface area contributed by atoms with Crippen molar-refractivity contribution >= 4 is 5.91 Å². The molecule has 108 valence electrons. The van der Waals surface area contributed by atoms with E-state index in [1.54, 1.807) is 0 Å². The Morgan fingerprint density at radius 2 is 1.95 bits per heavy atom. The minimum Gasteiger partial charge on any atom is -0.339 e. The van der Waals surface area contributed by atoms with Gasteiger partial charge in [0, 0.05) is 24.7 Å². The van der Waals surface area contributed by atoms with Crippen molar-refractivity contribution in [2.24, 2.45) is 5.92 Å². The van der Waals surface area contributed by atoms with Crippen LogP contribution in [0.4, 0.5) is 0 Å². The molecule has 2 aliphatic rings. The number of benzene rings is 1. The van der Waals surface area contributed by atoms with Crippen molar-refractivity contribution in [3.05, 3.63) is 35.4 Å². The van der Waals surface area contributed by atoms with Crippen LogP contribution in [0.2, 0.25) is 0 Å². The minimum absolute atomic E-state index is 0.209. The molecule has 2 saturated heterocycles. The molecule has 3 heteroatoms. The second-order valence-electron chi connectivity index (χ2n) is 6.15. The van der Waals surface area contributed by atoms with Crippen LogP contribution in [0, 0.1) is 12.8 Å². The van der Waals surface area contributed by atoms with Crippen LogP contribution >= 0.6 is 0 Å². The van der Waals surface area contributed by atoms with E-state index in [-0.39, 0.29) is 5.91 Å². The molecular weight excluding hydrogens is 248 g/mol. The monoisotopic (exact) mass is 272 g/mol. The highest BCUT2D eigenvalue weighted by atomic mass is 16.2. The number of likely N-dealkylation sites (tertiary alicyclic amines) is 1. The normalized spacial score (nSPS) is 24.1. The summed E-state index contributed by atoms with van der Waals surface area (Å²) in [6, 6.07) is 8.61. The molecule has 20 heavy (non-hydrogen) atoms. The van der Waals surface area contributed by atoms with Gasteiger partial charge in [0.1, 0.15) is 0 Å². The standard InChI is InChI=1S/C17H24N2O/c1-13-5-2-3-6-15(13)17(20)19-11-8-14(9-12-19)16-7-4-10-18-16/h2-3,5-6,14,16,18H,4,7-12H2,1H3. The maximum Gasteiger partial charge on any atom is 0.254 e. The zero-order valence-electron chi connectivity index (χ0n) is 12.3. The van der Waals surface area contributed by atoms with E-state index >= 15 is 0 Å². The zero-order chi connectivity index (χ0) is 13.9. The Kier molecular flexibility index (Phi) is 4.06. The maximum absolute atomic E-state index is 12.6. The summed E-state index contributed by atoms with van der Waals surface area (Å²) >= 11 is 0. The number of nitrogens with zero attached hydrogens (tertiary/aromatic N) is 1. The quantitative estimate of drug-likeness (QED) is 0.897. The molecule has 0 bridgehead atoms. The van der Waals surface area contributed by atoms with Gasteiger partial charge >= 0.3 is 0 Å². The highest BCUT2D eigenvalue weighted by Crippen LogP contribution is 2.26. The first-order valence-electron chi connectivity index (χ1n) is 7.84. The smallest absolute Gasteiger partial charge is 0.254 e. The molecule has 3 rings (SSSR count). The van der Waals surface area contributed by atoms with Gasteiger partial charge in [0.2, 0.25) is 0 Å². The first-order valence-corrected chi connectivity index (χ1v) is 7.84. The molecule has 0 aromatic heterocycles. The van der Waals surface area contributed by atoms with E-state index in [0.29, 0.717) is 6.04 Å². The lowest BCUT2D eigenvalue weighted by Crippen LogP contribution is -2.43. The Morgan fingerprint density at radius 3 is 2.60 bits per heavy atom. The SMILES string of the molecule is Cc1ccccc1C(=O)N1CCC(C2CCCN2)CC1. The molecule has 1 aromatic carbocycles. The molecule has 2 aliphatic heterocycles. The molecule has 0 spiro atoms. The molecular formula is C17H24N2O. The summed E-state index contributed by atoms with van der Waals surface area (Å²) in [6.07, 6.45) is 4.92. The Hall–Kier alpha value is -1.35. The van der Waals surface area contributed by atoms with Crippen LogP contribution in [-0.4, -0.2) is 36.5 Å². The van der Waals surface area contributed by atoms with Crippen molar-refractivity contribution in [2.45, 2.75) is 38.6 Å². The fourth-order valence-electron chi connectivity index (χ4n) is 3.60. The first-order chi connectivity index (χ1) is 9.75. The molecule has 1 N–H and O–H groups in total. The van der Waals surface area contributed by atoms with E-state index in [4.69, 9.17) is 0 Å². The maximum atomic E-state index is 12.6. The third kappa shape index (κ3) is 2.73. The van der Waals surface area contributed by atoms with Crippen molar-refractivity contribution in [3.8, 4) is 0 Å².